The lowest BCUT2D eigenvalue weighted by Gasteiger charge is -2.29. The molecule has 0 saturated carbocycles. The number of carbonyl (C=O) groups excluding carboxylic acids is 1. The summed E-state index contributed by atoms with van der Waals surface area (Å²) >= 11 is 0. The molecule has 0 bridgehead atoms. The molecule has 134 valence electrons. The van der Waals surface area contributed by atoms with E-state index in [4.69, 9.17) is 9.57 Å². The van der Waals surface area contributed by atoms with Gasteiger partial charge in [0.2, 0.25) is 0 Å². The first-order valence-corrected chi connectivity index (χ1v) is 9.18. The molecule has 1 aromatic carbocycles. The summed E-state index contributed by atoms with van der Waals surface area (Å²) in [6, 6.07) is 9.77. The van der Waals surface area contributed by atoms with Crippen LogP contribution in [0.3, 0.4) is 0 Å². The Labute approximate surface area is 145 Å². The van der Waals surface area contributed by atoms with Gasteiger partial charge in [-0.05, 0) is 18.6 Å². The Morgan fingerprint density at radius 1 is 1.08 bits per heavy atom. The van der Waals surface area contributed by atoms with Crippen LogP contribution in [0.5, 0.6) is 0 Å². The topological polar surface area (TPSA) is 42.0 Å². The van der Waals surface area contributed by atoms with Crippen molar-refractivity contribution in [2.75, 3.05) is 37.7 Å². The number of morpholine rings is 1. The highest BCUT2D eigenvalue weighted by molar-refractivity contribution is 5.87. The van der Waals surface area contributed by atoms with Crippen molar-refractivity contribution in [1.29, 1.82) is 0 Å². The lowest BCUT2D eigenvalue weighted by atomic mass is 10.1. The molecule has 24 heavy (non-hydrogen) atoms. The molecule has 1 fully saturated rings. The summed E-state index contributed by atoms with van der Waals surface area (Å²) in [6.07, 6.45) is 6.90. The van der Waals surface area contributed by atoms with Gasteiger partial charge in [0, 0.05) is 12.2 Å². The predicted molar refractivity (Wildman–Crippen MR) is 96.0 cm³/mol. The Balaban J connectivity index is 1.86. The van der Waals surface area contributed by atoms with Crippen LogP contribution in [-0.2, 0) is 9.57 Å². The van der Waals surface area contributed by atoms with Crippen molar-refractivity contribution in [2.45, 2.75) is 45.4 Å². The molecule has 0 aromatic heterocycles. The summed E-state index contributed by atoms with van der Waals surface area (Å²) in [6.45, 7) is 5.39. The molecule has 5 nitrogen and oxygen atoms in total. The van der Waals surface area contributed by atoms with Gasteiger partial charge >= 0.3 is 6.09 Å². The lowest BCUT2D eigenvalue weighted by Crippen LogP contribution is -2.42. The number of hydroxylamine groups is 2. The van der Waals surface area contributed by atoms with Crippen molar-refractivity contribution in [1.82, 2.24) is 5.06 Å². The van der Waals surface area contributed by atoms with Crippen LogP contribution in [-0.4, -0.2) is 44.0 Å². The van der Waals surface area contributed by atoms with Crippen molar-refractivity contribution in [3.63, 3.8) is 0 Å². The number of benzene rings is 1. The Morgan fingerprint density at radius 3 is 2.46 bits per heavy atom. The third-order valence-electron chi connectivity index (χ3n) is 4.20. The highest BCUT2D eigenvalue weighted by Gasteiger charge is 2.21. The second kappa shape index (κ2) is 11.0. The molecule has 0 radical (unpaired) electrons. The fourth-order valence-electron chi connectivity index (χ4n) is 2.78. The first-order valence-electron chi connectivity index (χ1n) is 9.18. The Morgan fingerprint density at radius 2 is 1.75 bits per heavy atom. The maximum Gasteiger partial charge on any atom is 0.433 e. The molecule has 1 aliphatic rings. The van der Waals surface area contributed by atoms with E-state index in [2.05, 4.69) is 6.92 Å². The monoisotopic (exact) mass is 334 g/mol. The maximum absolute atomic E-state index is 12.6. The van der Waals surface area contributed by atoms with Crippen molar-refractivity contribution < 1.29 is 14.4 Å². The fourth-order valence-corrected chi connectivity index (χ4v) is 2.78. The van der Waals surface area contributed by atoms with Gasteiger partial charge in [-0.1, -0.05) is 57.2 Å². The molecular weight excluding hydrogens is 304 g/mol. The van der Waals surface area contributed by atoms with Gasteiger partial charge in [-0.25, -0.2) is 4.79 Å². The highest BCUT2D eigenvalue weighted by atomic mass is 16.7. The number of amides is 1. The molecule has 0 spiro atoms. The Hall–Kier alpha value is -1.59. The number of rotatable bonds is 9. The third kappa shape index (κ3) is 6.49. The van der Waals surface area contributed by atoms with Crippen LogP contribution < -0.4 is 4.90 Å². The maximum atomic E-state index is 12.6. The minimum Gasteiger partial charge on any atom is -0.379 e. The van der Waals surface area contributed by atoms with Crippen molar-refractivity contribution in [3.05, 3.63) is 30.3 Å². The lowest BCUT2D eigenvalue weighted by molar-refractivity contribution is -0.143. The quantitative estimate of drug-likeness (QED) is 0.634. The average Bonchev–Trinajstić information content (AvgIpc) is 2.62. The smallest absolute Gasteiger partial charge is 0.379 e. The zero-order chi connectivity index (χ0) is 17.0. The number of hydrogen-bond acceptors (Lipinski definition) is 4. The molecular formula is C19H30N2O3. The van der Waals surface area contributed by atoms with Gasteiger partial charge in [0.1, 0.15) is 0 Å². The zero-order valence-corrected chi connectivity index (χ0v) is 14.8. The van der Waals surface area contributed by atoms with E-state index in [1.807, 2.05) is 30.3 Å². The number of carbonyl (C=O) groups is 1. The Bertz CT molecular complexity index is 461. The van der Waals surface area contributed by atoms with Gasteiger partial charge in [-0.2, -0.15) is 0 Å². The van der Waals surface area contributed by atoms with Crippen LogP contribution >= 0.6 is 0 Å². The van der Waals surface area contributed by atoms with Crippen LogP contribution in [0, 0.1) is 0 Å². The van der Waals surface area contributed by atoms with E-state index < -0.39 is 0 Å². The second-order valence-corrected chi connectivity index (χ2v) is 6.15. The largest absolute Gasteiger partial charge is 0.433 e. The number of unbranched alkanes of at least 4 members (excludes halogenated alkanes) is 5. The number of nitrogens with zero attached hydrogens (tertiary/aromatic N) is 2. The van der Waals surface area contributed by atoms with Gasteiger partial charge in [-0.15, -0.1) is 5.06 Å². The highest BCUT2D eigenvalue weighted by Crippen LogP contribution is 2.17. The zero-order valence-electron chi connectivity index (χ0n) is 14.8. The number of hydrogen-bond donors (Lipinski definition) is 0. The molecule has 1 heterocycles. The van der Waals surface area contributed by atoms with Crippen LogP contribution in [0.25, 0.3) is 0 Å². The van der Waals surface area contributed by atoms with Gasteiger partial charge < -0.3 is 9.57 Å². The van der Waals surface area contributed by atoms with Crippen molar-refractivity contribution in [3.8, 4) is 0 Å². The van der Waals surface area contributed by atoms with Gasteiger partial charge in [-0.3, -0.25) is 4.90 Å². The van der Waals surface area contributed by atoms with Gasteiger partial charge in [0.15, 0.2) is 0 Å². The van der Waals surface area contributed by atoms with Crippen molar-refractivity contribution >= 4 is 11.8 Å². The summed E-state index contributed by atoms with van der Waals surface area (Å²) in [5, 5.41) is 1.70. The van der Waals surface area contributed by atoms with E-state index in [0.717, 1.165) is 18.5 Å². The minimum atomic E-state index is -0.295. The molecule has 0 atom stereocenters. The molecule has 5 heteroatoms. The molecule has 0 aliphatic carbocycles. The summed E-state index contributed by atoms with van der Waals surface area (Å²) in [7, 11) is 0. The first-order chi connectivity index (χ1) is 11.8. The number of anilines is 1. The van der Waals surface area contributed by atoms with Crippen molar-refractivity contribution in [2.24, 2.45) is 0 Å². The van der Waals surface area contributed by atoms with E-state index in [-0.39, 0.29) is 6.09 Å². The SMILES string of the molecule is CCCCCCCCN(C(=O)ON1CCOCC1)c1ccccc1. The van der Waals surface area contributed by atoms with E-state index >= 15 is 0 Å². The molecule has 0 N–H and O–H groups in total. The third-order valence-corrected chi connectivity index (χ3v) is 4.20. The van der Waals surface area contributed by atoms with E-state index in [1.54, 1.807) is 9.96 Å². The predicted octanol–water partition coefficient (Wildman–Crippen LogP) is 4.24. The molecule has 1 amide bonds. The first kappa shape index (κ1) is 18.7. The summed E-state index contributed by atoms with van der Waals surface area (Å²) < 4.78 is 5.29. The van der Waals surface area contributed by atoms with E-state index in [0.29, 0.717) is 32.8 Å². The summed E-state index contributed by atoms with van der Waals surface area (Å²) in [5.74, 6) is 0. The van der Waals surface area contributed by atoms with Gasteiger partial charge in [0.05, 0.1) is 26.3 Å². The number of para-hydroxylation sites is 1. The molecule has 0 unspecified atom stereocenters. The standard InChI is InChI=1S/C19H30N2O3/c1-2-3-4-5-6-10-13-21(18-11-8-7-9-12-18)19(22)24-20-14-16-23-17-15-20/h7-9,11-12H,2-6,10,13-17H2,1H3. The van der Waals surface area contributed by atoms with E-state index in [1.165, 1.54) is 25.7 Å². The molecule has 1 aromatic rings. The average molecular weight is 334 g/mol. The normalized spacial score (nSPS) is 15.2. The van der Waals surface area contributed by atoms with Crippen LogP contribution in [0.1, 0.15) is 45.4 Å². The van der Waals surface area contributed by atoms with Crippen LogP contribution in [0.4, 0.5) is 10.5 Å². The van der Waals surface area contributed by atoms with Crippen LogP contribution in [0.15, 0.2) is 30.3 Å². The molecule has 1 saturated heterocycles. The molecule has 1 aliphatic heterocycles. The second-order valence-electron chi connectivity index (χ2n) is 6.15. The summed E-state index contributed by atoms with van der Waals surface area (Å²) in [5.41, 5.74) is 0.893. The number of ether oxygens (including phenoxy) is 1. The minimum absolute atomic E-state index is 0.295. The summed E-state index contributed by atoms with van der Waals surface area (Å²) in [4.78, 5) is 19.9. The Kier molecular flexibility index (Phi) is 8.63. The van der Waals surface area contributed by atoms with Gasteiger partial charge in [0.25, 0.3) is 0 Å². The van der Waals surface area contributed by atoms with E-state index in [9.17, 15) is 4.79 Å². The fraction of sp³-hybridized carbons (Fsp3) is 0.632. The van der Waals surface area contributed by atoms with Crippen LogP contribution in [0.2, 0.25) is 0 Å². The molecule has 2 rings (SSSR count).